The molecule has 32 heavy (non-hydrogen) atoms. The number of esters is 1. The summed E-state index contributed by atoms with van der Waals surface area (Å²) in [7, 11) is 0. The summed E-state index contributed by atoms with van der Waals surface area (Å²) in [5.41, 5.74) is 1.76. The van der Waals surface area contributed by atoms with Crippen LogP contribution in [0.25, 0.3) is 17.4 Å². The lowest BCUT2D eigenvalue weighted by atomic mass is 9.94. The van der Waals surface area contributed by atoms with Gasteiger partial charge in [-0.05, 0) is 55.7 Å². The number of imide groups is 1. The Bertz CT molecular complexity index is 1150. The zero-order valence-corrected chi connectivity index (χ0v) is 18.3. The Labute approximate surface area is 186 Å². The largest absolute Gasteiger partial charge is 0.462 e. The van der Waals surface area contributed by atoms with Gasteiger partial charge in [0.1, 0.15) is 23.2 Å². The minimum absolute atomic E-state index is 0.0402. The van der Waals surface area contributed by atoms with Crippen LogP contribution in [0.5, 0.6) is 0 Å². The van der Waals surface area contributed by atoms with Crippen LogP contribution in [0.1, 0.15) is 49.7 Å². The molecule has 2 heterocycles. The summed E-state index contributed by atoms with van der Waals surface area (Å²) in [5.74, 6) is -0.414. The molecule has 2 amide bonds. The van der Waals surface area contributed by atoms with E-state index in [0.29, 0.717) is 35.7 Å². The summed E-state index contributed by atoms with van der Waals surface area (Å²) in [5, 5.41) is 9.40. The fourth-order valence-corrected chi connectivity index (χ4v) is 3.33. The van der Waals surface area contributed by atoms with Crippen LogP contribution in [0.15, 0.2) is 57.5 Å². The summed E-state index contributed by atoms with van der Waals surface area (Å²) in [6.07, 6.45) is 2.89. The molecular weight excluding hydrogens is 408 g/mol. The fraction of sp³-hybridized carbons (Fsp3) is 0.280. The first kappa shape index (κ1) is 22.8. The highest BCUT2D eigenvalue weighted by Gasteiger charge is 2.35. The van der Waals surface area contributed by atoms with Crippen molar-refractivity contribution >= 4 is 23.9 Å². The van der Waals surface area contributed by atoms with Crippen LogP contribution < -0.4 is 0 Å². The van der Waals surface area contributed by atoms with E-state index in [0.717, 1.165) is 16.9 Å². The van der Waals surface area contributed by atoms with Gasteiger partial charge >= 0.3 is 5.97 Å². The standard InChI is InChI=1S/C25H24N2O5/c1-4-12-27-23(28)20(16(3)21(15-26)24(27)29)14-19-10-11-22(32-19)17-6-8-18(9-7-17)25(30)31-13-5-2/h6-11,14H,4-5,12-13H2,1-3H3/b20-14+. The minimum Gasteiger partial charge on any atom is -0.462 e. The maximum Gasteiger partial charge on any atom is 0.338 e. The fourth-order valence-electron chi connectivity index (χ4n) is 3.33. The molecule has 0 atom stereocenters. The molecule has 1 aliphatic heterocycles. The molecule has 0 fully saturated rings. The van der Waals surface area contributed by atoms with Crippen LogP contribution in [0.3, 0.4) is 0 Å². The molecule has 0 bridgehead atoms. The van der Waals surface area contributed by atoms with Crippen molar-refractivity contribution in [3.63, 3.8) is 0 Å². The highest BCUT2D eigenvalue weighted by Crippen LogP contribution is 2.29. The Hall–Kier alpha value is -3.92. The lowest BCUT2D eigenvalue weighted by Crippen LogP contribution is -2.43. The second-order valence-electron chi connectivity index (χ2n) is 7.35. The molecular formula is C25H24N2O5. The number of benzene rings is 1. The van der Waals surface area contributed by atoms with Crippen LogP contribution in [0.4, 0.5) is 0 Å². The molecule has 0 N–H and O–H groups in total. The average Bonchev–Trinajstić information content (AvgIpc) is 3.27. The van der Waals surface area contributed by atoms with Crippen molar-refractivity contribution in [1.29, 1.82) is 5.26 Å². The number of rotatable bonds is 7. The zero-order chi connectivity index (χ0) is 23.3. The van der Waals surface area contributed by atoms with Crippen molar-refractivity contribution in [3.8, 4) is 17.4 Å². The van der Waals surface area contributed by atoms with Crippen LogP contribution in [0.2, 0.25) is 0 Å². The van der Waals surface area contributed by atoms with Gasteiger partial charge in [0.15, 0.2) is 0 Å². The van der Waals surface area contributed by atoms with Crippen molar-refractivity contribution in [3.05, 3.63) is 64.4 Å². The highest BCUT2D eigenvalue weighted by atomic mass is 16.5. The molecule has 7 heteroatoms. The number of carbonyl (C=O) groups is 3. The third-order valence-electron chi connectivity index (χ3n) is 5.03. The zero-order valence-electron chi connectivity index (χ0n) is 18.3. The van der Waals surface area contributed by atoms with Crippen molar-refractivity contribution in [2.75, 3.05) is 13.2 Å². The number of amides is 2. The Balaban J connectivity index is 1.88. The van der Waals surface area contributed by atoms with Crippen molar-refractivity contribution < 1.29 is 23.5 Å². The molecule has 0 unspecified atom stereocenters. The molecule has 1 aliphatic rings. The van der Waals surface area contributed by atoms with Gasteiger partial charge in [-0.15, -0.1) is 0 Å². The Morgan fingerprint density at radius 3 is 2.44 bits per heavy atom. The topological polar surface area (TPSA) is 101 Å². The van der Waals surface area contributed by atoms with Crippen LogP contribution in [-0.4, -0.2) is 35.8 Å². The van der Waals surface area contributed by atoms with Crippen molar-refractivity contribution in [2.45, 2.75) is 33.6 Å². The molecule has 0 saturated carbocycles. The summed E-state index contributed by atoms with van der Waals surface area (Å²) >= 11 is 0. The predicted octanol–water partition coefficient (Wildman–Crippen LogP) is 4.52. The number of furan rings is 1. The van der Waals surface area contributed by atoms with Gasteiger partial charge in [-0.2, -0.15) is 5.26 Å². The van der Waals surface area contributed by atoms with Gasteiger partial charge in [-0.3, -0.25) is 14.5 Å². The molecule has 164 valence electrons. The van der Waals surface area contributed by atoms with E-state index in [2.05, 4.69) is 0 Å². The molecule has 0 spiro atoms. The van der Waals surface area contributed by atoms with E-state index in [1.807, 2.05) is 19.9 Å². The molecule has 2 aromatic rings. The van der Waals surface area contributed by atoms with Gasteiger partial charge < -0.3 is 9.15 Å². The molecule has 1 aromatic heterocycles. The van der Waals surface area contributed by atoms with Crippen LogP contribution >= 0.6 is 0 Å². The SMILES string of the molecule is CCCOC(=O)c1ccc(-c2ccc(/C=C3/C(=O)N(CCC)C(=O)C(C#N)=C3C)o2)cc1. The van der Waals surface area contributed by atoms with Gasteiger partial charge in [0.25, 0.3) is 11.8 Å². The Morgan fingerprint density at radius 2 is 1.81 bits per heavy atom. The normalized spacial score (nSPS) is 15.3. The van der Waals surface area contributed by atoms with Crippen molar-refractivity contribution in [2.24, 2.45) is 0 Å². The smallest absolute Gasteiger partial charge is 0.338 e. The van der Waals surface area contributed by atoms with Crippen LogP contribution in [0, 0.1) is 11.3 Å². The highest BCUT2D eigenvalue weighted by molar-refractivity contribution is 6.19. The average molecular weight is 432 g/mol. The number of hydrogen-bond acceptors (Lipinski definition) is 6. The van der Waals surface area contributed by atoms with Gasteiger partial charge in [0, 0.05) is 17.7 Å². The molecule has 0 radical (unpaired) electrons. The van der Waals surface area contributed by atoms with E-state index in [1.165, 1.54) is 0 Å². The third kappa shape index (κ3) is 4.54. The molecule has 1 aromatic carbocycles. The number of carbonyl (C=O) groups excluding carboxylic acids is 3. The summed E-state index contributed by atoms with van der Waals surface area (Å²) in [6.45, 7) is 5.99. The van der Waals surface area contributed by atoms with Gasteiger partial charge in [0.05, 0.1) is 12.2 Å². The maximum atomic E-state index is 12.9. The molecule has 7 nitrogen and oxygen atoms in total. The summed E-state index contributed by atoms with van der Waals surface area (Å²) < 4.78 is 11.0. The van der Waals surface area contributed by atoms with E-state index in [4.69, 9.17) is 9.15 Å². The Kier molecular flexibility index (Phi) is 7.06. The first-order valence-electron chi connectivity index (χ1n) is 10.5. The van der Waals surface area contributed by atoms with Crippen LogP contribution in [-0.2, 0) is 14.3 Å². The quantitative estimate of drug-likeness (QED) is 0.362. The predicted molar refractivity (Wildman–Crippen MR) is 118 cm³/mol. The molecule has 3 rings (SSSR count). The Morgan fingerprint density at radius 1 is 1.09 bits per heavy atom. The second-order valence-corrected chi connectivity index (χ2v) is 7.35. The number of hydrogen-bond donors (Lipinski definition) is 0. The van der Waals surface area contributed by atoms with E-state index >= 15 is 0 Å². The van der Waals surface area contributed by atoms with E-state index in [9.17, 15) is 19.6 Å². The first-order valence-corrected chi connectivity index (χ1v) is 10.5. The van der Waals surface area contributed by atoms with E-state index in [1.54, 1.807) is 49.4 Å². The minimum atomic E-state index is -0.563. The summed E-state index contributed by atoms with van der Waals surface area (Å²) in [6, 6.07) is 12.2. The molecule has 0 saturated heterocycles. The summed E-state index contributed by atoms with van der Waals surface area (Å²) in [4.78, 5) is 38.3. The number of ether oxygens (including phenoxy) is 1. The number of nitrogens with zero attached hydrogens (tertiary/aromatic N) is 2. The number of nitriles is 1. The molecule has 0 aliphatic carbocycles. The van der Waals surface area contributed by atoms with Gasteiger partial charge in [-0.25, -0.2) is 4.79 Å². The monoisotopic (exact) mass is 432 g/mol. The first-order chi connectivity index (χ1) is 15.4. The van der Waals surface area contributed by atoms with E-state index < -0.39 is 11.8 Å². The second kappa shape index (κ2) is 9.92. The van der Waals surface area contributed by atoms with E-state index in [-0.39, 0.29) is 23.7 Å². The van der Waals surface area contributed by atoms with Gasteiger partial charge in [-0.1, -0.05) is 26.0 Å². The maximum absolute atomic E-state index is 12.9. The van der Waals surface area contributed by atoms with Gasteiger partial charge in [0.2, 0.25) is 0 Å². The van der Waals surface area contributed by atoms with Crippen molar-refractivity contribution in [1.82, 2.24) is 4.90 Å². The lowest BCUT2D eigenvalue weighted by molar-refractivity contribution is -0.140. The third-order valence-corrected chi connectivity index (χ3v) is 5.03. The lowest BCUT2D eigenvalue weighted by Gasteiger charge is -2.26.